The summed E-state index contributed by atoms with van der Waals surface area (Å²) >= 11 is 0. The van der Waals surface area contributed by atoms with Crippen LogP contribution in [-0.2, 0) is 4.74 Å². The van der Waals surface area contributed by atoms with E-state index < -0.39 is 11.7 Å². The number of halogens is 1. The van der Waals surface area contributed by atoms with E-state index in [1.54, 1.807) is 19.9 Å². The van der Waals surface area contributed by atoms with Gasteiger partial charge < -0.3 is 15.9 Å². The standard InChI is InChI=1S/C17H21FN4O2/c1-10(8-17(2,3)24-16(20)23)6-13(19)15-12-5-4-11(18)7-14(12)21-9-22-15/h4-5,7,9-10,19H,6,8H2,1-3H3,(H2,20,23). The number of nitrogens with two attached hydrogens (primary N) is 1. The highest BCUT2D eigenvalue weighted by atomic mass is 19.1. The lowest BCUT2D eigenvalue weighted by molar-refractivity contribution is 0.0290. The number of carbonyl (C=O) groups excluding carboxylic acids is 1. The second-order valence-electron chi connectivity index (χ2n) is 6.56. The summed E-state index contributed by atoms with van der Waals surface area (Å²) in [5.41, 5.74) is 5.65. The summed E-state index contributed by atoms with van der Waals surface area (Å²) in [7, 11) is 0. The summed E-state index contributed by atoms with van der Waals surface area (Å²) in [6.45, 7) is 5.52. The molecule has 1 aromatic carbocycles. The van der Waals surface area contributed by atoms with Crippen molar-refractivity contribution in [2.75, 3.05) is 0 Å². The molecule has 1 aromatic heterocycles. The first-order valence-corrected chi connectivity index (χ1v) is 7.64. The number of ether oxygens (including phenoxy) is 1. The average Bonchev–Trinajstić information content (AvgIpc) is 2.43. The third-order valence-corrected chi connectivity index (χ3v) is 3.65. The molecule has 0 aliphatic heterocycles. The molecule has 0 spiro atoms. The van der Waals surface area contributed by atoms with Crippen LogP contribution in [0.4, 0.5) is 9.18 Å². The highest BCUT2D eigenvalue weighted by Crippen LogP contribution is 2.25. The Balaban J connectivity index is 2.14. The van der Waals surface area contributed by atoms with E-state index in [9.17, 15) is 9.18 Å². The Hall–Kier alpha value is -2.57. The minimum atomic E-state index is -0.814. The molecule has 1 amide bonds. The molecule has 128 valence electrons. The number of aromatic nitrogens is 2. The van der Waals surface area contributed by atoms with Gasteiger partial charge in [0.15, 0.2) is 0 Å². The first-order chi connectivity index (χ1) is 11.2. The van der Waals surface area contributed by atoms with Gasteiger partial charge in [0.1, 0.15) is 17.7 Å². The SMILES string of the molecule is CC(CC(=N)c1ncnc2cc(F)ccc12)CC(C)(C)OC(N)=O. The molecule has 0 aliphatic rings. The van der Waals surface area contributed by atoms with Crippen molar-refractivity contribution >= 4 is 22.7 Å². The van der Waals surface area contributed by atoms with Gasteiger partial charge in [-0.3, -0.25) is 0 Å². The molecule has 2 aromatic rings. The highest BCUT2D eigenvalue weighted by molar-refractivity contribution is 6.06. The van der Waals surface area contributed by atoms with E-state index in [2.05, 4.69) is 9.97 Å². The second-order valence-corrected chi connectivity index (χ2v) is 6.56. The Morgan fingerprint density at radius 1 is 1.42 bits per heavy atom. The molecule has 1 heterocycles. The van der Waals surface area contributed by atoms with E-state index in [-0.39, 0.29) is 11.7 Å². The lowest BCUT2D eigenvalue weighted by Crippen LogP contribution is -2.33. The summed E-state index contributed by atoms with van der Waals surface area (Å²) in [6.07, 6.45) is 1.51. The van der Waals surface area contributed by atoms with Crippen LogP contribution in [0.5, 0.6) is 0 Å². The van der Waals surface area contributed by atoms with Crippen molar-refractivity contribution in [1.82, 2.24) is 9.97 Å². The number of carbonyl (C=O) groups is 1. The van der Waals surface area contributed by atoms with Gasteiger partial charge in [0.2, 0.25) is 0 Å². The molecule has 0 fully saturated rings. The molecule has 24 heavy (non-hydrogen) atoms. The van der Waals surface area contributed by atoms with Crippen LogP contribution in [0.2, 0.25) is 0 Å². The molecule has 3 N–H and O–H groups in total. The van der Waals surface area contributed by atoms with Crippen molar-refractivity contribution in [2.45, 2.75) is 39.2 Å². The van der Waals surface area contributed by atoms with Gasteiger partial charge in [-0.05, 0) is 44.7 Å². The Morgan fingerprint density at radius 2 is 2.12 bits per heavy atom. The van der Waals surface area contributed by atoms with Gasteiger partial charge in [0, 0.05) is 11.5 Å². The molecule has 0 bridgehead atoms. The van der Waals surface area contributed by atoms with Crippen LogP contribution in [0.15, 0.2) is 24.5 Å². The van der Waals surface area contributed by atoms with Gasteiger partial charge in [-0.1, -0.05) is 6.92 Å². The molecular formula is C17H21FN4O2. The highest BCUT2D eigenvalue weighted by Gasteiger charge is 2.25. The van der Waals surface area contributed by atoms with Crippen molar-refractivity contribution in [1.29, 1.82) is 5.41 Å². The topological polar surface area (TPSA) is 102 Å². The van der Waals surface area contributed by atoms with Crippen LogP contribution in [0.3, 0.4) is 0 Å². The minimum absolute atomic E-state index is 0.0670. The van der Waals surface area contributed by atoms with Crippen LogP contribution in [0, 0.1) is 17.1 Å². The molecule has 1 unspecified atom stereocenters. The van der Waals surface area contributed by atoms with E-state index in [4.69, 9.17) is 15.9 Å². The quantitative estimate of drug-likeness (QED) is 0.791. The molecule has 0 radical (unpaired) electrons. The second kappa shape index (κ2) is 6.90. The number of benzene rings is 1. The van der Waals surface area contributed by atoms with Crippen LogP contribution in [0.1, 0.15) is 39.3 Å². The summed E-state index contributed by atoms with van der Waals surface area (Å²) in [5, 5.41) is 8.97. The summed E-state index contributed by atoms with van der Waals surface area (Å²) in [4.78, 5) is 19.1. The van der Waals surface area contributed by atoms with Crippen LogP contribution < -0.4 is 5.73 Å². The molecule has 0 saturated heterocycles. The molecular weight excluding hydrogens is 311 g/mol. The van der Waals surface area contributed by atoms with Crippen LogP contribution in [0.25, 0.3) is 10.9 Å². The fraction of sp³-hybridized carbons (Fsp3) is 0.412. The first-order valence-electron chi connectivity index (χ1n) is 7.64. The first kappa shape index (κ1) is 17.8. The van der Waals surface area contributed by atoms with E-state index in [0.717, 1.165) is 0 Å². The van der Waals surface area contributed by atoms with Crippen molar-refractivity contribution in [3.05, 3.63) is 36.0 Å². The molecule has 0 saturated carbocycles. The van der Waals surface area contributed by atoms with Gasteiger partial charge >= 0.3 is 6.09 Å². The lowest BCUT2D eigenvalue weighted by Gasteiger charge is -2.27. The fourth-order valence-electron chi connectivity index (χ4n) is 2.94. The predicted molar refractivity (Wildman–Crippen MR) is 89.5 cm³/mol. The number of primary amides is 1. The van der Waals surface area contributed by atoms with E-state index in [0.29, 0.717) is 35.2 Å². The van der Waals surface area contributed by atoms with E-state index in [1.807, 2.05) is 6.92 Å². The zero-order valence-corrected chi connectivity index (χ0v) is 14.0. The van der Waals surface area contributed by atoms with Gasteiger partial charge in [0.25, 0.3) is 0 Å². The molecule has 6 nitrogen and oxygen atoms in total. The molecule has 2 rings (SSSR count). The number of hydrogen-bond acceptors (Lipinski definition) is 5. The zero-order chi connectivity index (χ0) is 17.9. The van der Waals surface area contributed by atoms with Crippen molar-refractivity contribution < 1.29 is 13.9 Å². The third-order valence-electron chi connectivity index (χ3n) is 3.65. The zero-order valence-electron chi connectivity index (χ0n) is 14.0. The Kier molecular flexibility index (Phi) is 5.11. The molecule has 0 aliphatic carbocycles. The summed E-state index contributed by atoms with van der Waals surface area (Å²) in [6, 6.07) is 4.23. The average molecular weight is 332 g/mol. The van der Waals surface area contributed by atoms with Gasteiger partial charge in [-0.25, -0.2) is 19.2 Å². The third kappa shape index (κ3) is 4.47. The fourth-order valence-corrected chi connectivity index (χ4v) is 2.94. The number of hydrogen-bond donors (Lipinski definition) is 2. The van der Waals surface area contributed by atoms with Crippen LogP contribution in [-0.4, -0.2) is 27.4 Å². The maximum Gasteiger partial charge on any atom is 0.405 e. The maximum atomic E-state index is 13.3. The van der Waals surface area contributed by atoms with E-state index in [1.165, 1.54) is 18.5 Å². The predicted octanol–water partition coefficient (Wildman–Crippen LogP) is 3.43. The number of rotatable bonds is 6. The Morgan fingerprint density at radius 3 is 2.79 bits per heavy atom. The Labute approximate surface area is 139 Å². The van der Waals surface area contributed by atoms with E-state index >= 15 is 0 Å². The largest absolute Gasteiger partial charge is 0.444 e. The number of nitrogens with zero attached hydrogens (tertiary/aromatic N) is 2. The normalized spacial score (nSPS) is 12.8. The summed E-state index contributed by atoms with van der Waals surface area (Å²) < 4.78 is 18.4. The Bertz CT molecular complexity index is 776. The van der Waals surface area contributed by atoms with Gasteiger partial charge in [-0.15, -0.1) is 0 Å². The van der Waals surface area contributed by atoms with Crippen molar-refractivity contribution in [3.8, 4) is 0 Å². The van der Waals surface area contributed by atoms with Crippen molar-refractivity contribution in [3.63, 3.8) is 0 Å². The molecule has 1 atom stereocenters. The number of amides is 1. The smallest absolute Gasteiger partial charge is 0.405 e. The summed E-state index contributed by atoms with van der Waals surface area (Å²) in [5.74, 6) is -0.310. The van der Waals surface area contributed by atoms with Gasteiger partial charge in [0.05, 0.1) is 16.9 Å². The minimum Gasteiger partial charge on any atom is -0.444 e. The maximum absolute atomic E-state index is 13.3. The lowest BCUT2D eigenvalue weighted by atomic mass is 9.89. The molecule has 7 heteroatoms. The monoisotopic (exact) mass is 332 g/mol. The van der Waals surface area contributed by atoms with Crippen LogP contribution >= 0.6 is 0 Å². The van der Waals surface area contributed by atoms with Crippen molar-refractivity contribution in [2.24, 2.45) is 11.7 Å². The van der Waals surface area contributed by atoms with Gasteiger partial charge in [-0.2, -0.15) is 0 Å². The number of nitrogens with one attached hydrogen (secondary N) is 1. The number of fused-ring (bicyclic) bond motifs is 1.